The second-order valence-corrected chi connectivity index (χ2v) is 9.81. The Balaban J connectivity index is 1.36. The summed E-state index contributed by atoms with van der Waals surface area (Å²) >= 11 is 6.25. The average molecular weight is 614 g/mol. The predicted molar refractivity (Wildman–Crippen MR) is 159 cm³/mol. The zero-order valence-corrected chi connectivity index (χ0v) is 23.9. The normalized spacial score (nSPS) is 13.6. The van der Waals surface area contributed by atoms with Crippen LogP contribution in [0.1, 0.15) is 22.6 Å². The number of halogens is 1. The van der Waals surface area contributed by atoms with Crippen molar-refractivity contribution in [3.05, 3.63) is 128 Å². The number of ether oxygens (including phenoxy) is 5. The highest BCUT2D eigenvalue weighted by Gasteiger charge is 2.32. The van der Waals surface area contributed by atoms with E-state index in [9.17, 15) is 20.2 Å². The minimum Gasteiger partial charge on any atom is -0.493 e. The van der Waals surface area contributed by atoms with E-state index in [0.29, 0.717) is 27.6 Å². The summed E-state index contributed by atoms with van der Waals surface area (Å²) < 4.78 is 28.0. The summed E-state index contributed by atoms with van der Waals surface area (Å²) in [5, 5.41) is 21.7. The average Bonchev–Trinajstić information content (AvgIpc) is 3.02. The van der Waals surface area contributed by atoms with Crippen LogP contribution in [-0.4, -0.2) is 24.6 Å². The molecule has 0 bridgehead atoms. The highest BCUT2D eigenvalue weighted by molar-refractivity contribution is 6.31. The lowest BCUT2D eigenvalue weighted by molar-refractivity contribution is -0.385. The number of para-hydroxylation sites is 2. The van der Waals surface area contributed by atoms with Gasteiger partial charge in [0.2, 0.25) is 5.88 Å². The predicted octanol–water partition coefficient (Wildman–Crippen LogP) is 6.04. The fraction of sp³-hybridized carbons (Fsp3) is 0.125. The van der Waals surface area contributed by atoms with Crippen LogP contribution in [-0.2, 0) is 11.4 Å². The van der Waals surface area contributed by atoms with Crippen molar-refractivity contribution in [2.75, 3.05) is 13.7 Å². The molecular weight excluding hydrogens is 590 g/mol. The topological polar surface area (TPSA) is 156 Å². The van der Waals surface area contributed by atoms with Crippen molar-refractivity contribution in [1.29, 1.82) is 5.26 Å². The van der Waals surface area contributed by atoms with Gasteiger partial charge in [-0.2, -0.15) is 5.26 Å². The number of hydrogen-bond donors (Lipinski definition) is 1. The number of nitrogens with zero attached hydrogens (tertiary/aromatic N) is 2. The van der Waals surface area contributed by atoms with E-state index in [1.807, 2.05) is 18.2 Å². The van der Waals surface area contributed by atoms with Gasteiger partial charge in [0.25, 0.3) is 0 Å². The number of methoxy groups -OCH3 is 1. The molecule has 0 saturated carbocycles. The Labute approximate surface area is 256 Å². The molecule has 0 aliphatic carbocycles. The molecule has 222 valence electrons. The molecular formula is C32H24ClN3O8. The monoisotopic (exact) mass is 613 g/mol. The number of benzene rings is 4. The molecule has 0 saturated heterocycles. The van der Waals surface area contributed by atoms with Gasteiger partial charge in [0.15, 0.2) is 23.9 Å². The van der Waals surface area contributed by atoms with Crippen LogP contribution in [0.5, 0.6) is 28.7 Å². The second-order valence-electron chi connectivity index (χ2n) is 9.40. The lowest BCUT2D eigenvalue weighted by atomic mass is 9.83. The fourth-order valence-electron chi connectivity index (χ4n) is 4.62. The number of rotatable bonds is 10. The largest absolute Gasteiger partial charge is 0.493 e. The molecule has 0 spiro atoms. The third-order valence-corrected chi connectivity index (χ3v) is 7.06. The van der Waals surface area contributed by atoms with E-state index < -0.39 is 23.4 Å². The summed E-state index contributed by atoms with van der Waals surface area (Å²) in [6.07, 6.45) is 0. The van der Waals surface area contributed by atoms with E-state index in [0.717, 1.165) is 5.56 Å². The van der Waals surface area contributed by atoms with E-state index in [2.05, 4.69) is 6.07 Å². The molecule has 11 nitrogen and oxygen atoms in total. The SMILES string of the molecule is COc1cc(C2C(C#N)=C(N)Oc3cc(OC(=O)COc4ccccc4[N+](=O)[O-])ccc32)ccc1OCc1ccccc1Cl. The number of fused-ring (bicyclic) bond motifs is 1. The molecule has 0 radical (unpaired) electrons. The summed E-state index contributed by atoms with van der Waals surface area (Å²) in [6, 6.07) is 25.1. The molecule has 12 heteroatoms. The van der Waals surface area contributed by atoms with Crippen molar-refractivity contribution in [3.63, 3.8) is 0 Å². The summed E-state index contributed by atoms with van der Waals surface area (Å²) in [7, 11) is 1.51. The minimum atomic E-state index is -0.797. The summed E-state index contributed by atoms with van der Waals surface area (Å²) in [6.45, 7) is -0.350. The molecule has 1 aliphatic heterocycles. The number of nitro benzene ring substituents is 1. The Kier molecular flexibility index (Phi) is 8.83. The minimum absolute atomic E-state index is 0.0660. The van der Waals surface area contributed by atoms with Gasteiger partial charge in [-0.15, -0.1) is 0 Å². The Hall–Kier alpha value is -5.73. The van der Waals surface area contributed by atoms with Crippen LogP contribution in [0.25, 0.3) is 0 Å². The number of nitrogens with two attached hydrogens (primary N) is 1. The van der Waals surface area contributed by atoms with Gasteiger partial charge in [0, 0.05) is 28.3 Å². The summed E-state index contributed by atoms with van der Waals surface area (Å²) in [4.78, 5) is 23.1. The maximum Gasteiger partial charge on any atom is 0.349 e. The van der Waals surface area contributed by atoms with Crippen LogP contribution in [0.2, 0.25) is 5.02 Å². The van der Waals surface area contributed by atoms with Crippen LogP contribution >= 0.6 is 11.6 Å². The quantitative estimate of drug-likeness (QED) is 0.0968. The first-order valence-corrected chi connectivity index (χ1v) is 13.5. The van der Waals surface area contributed by atoms with Crippen molar-refractivity contribution < 1.29 is 33.4 Å². The molecule has 0 amide bonds. The van der Waals surface area contributed by atoms with Crippen LogP contribution in [0.4, 0.5) is 5.69 Å². The van der Waals surface area contributed by atoms with Crippen molar-refractivity contribution in [1.82, 2.24) is 0 Å². The highest BCUT2D eigenvalue weighted by atomic mass is 35.5. The van der Waals surface area contributed by atoms with E-state index in [4.69, 9.17) is 41.0 Å². The molecule has 44 heavy (non-hydrogen) atoms. The molecule has 2 N–H and O–H groups in total. The Morgan fingerprint density at radius 1 is 1.02 bits per heavy atom. The molecule has 4 aromatic carbocycles. The molecule has 0 fully saturated rings. The van der Waals surface area contributed by atoms with Gasteiger partial charge in [0.1, 0.15) is 29.7 Å². The molecule has 1 atom stereocenters. The van der Waals surface area contributed by atoms with Crippen molar-refractivity contribution in [2.45, 2.75) is 12.5 Å². The van der Waals surface area contributed by atoms with Gasteiger partial charge in [-0.25, -0.2) is 4.79 Å². The van der Waals surface area contributed by atoms with Gasteiger partial charge in [-0.3, -0.25) is 10.1 Å². The highest BCUT2D eigenvalue weighted by Crippen LogP contribution is 2.45. The molecule has 5 rings (SSSR count). The van der Waals surface area contributed by atoms with Gasteiger partial charge in [-0.1, -0.05) is 54.1 Å². The summed E-state index contributed by atoms with van der Waals surface area (Å²) in [5.74, 6) is -0.292. The fourth-order valence-corrected chi connectivity index (χ4v) is 4.81. The molecule has 1 unspecified atom stereocenters. The number of carbonyl (C=O) groups is 1. The van der Waals surface area contributed by atoms with E-state index in [1.54, 1.807) is 36.4 Å². The molecule has 1 heterocycles. The third-order valence-electron chi connectivity index (χ3n) is 6.69. The first kappa shape index (κ1) is 29.8. The number of carbonyl (C=O) groups excluding carboxylic acids is 1. The molecule has 0 aromatic heterocycles. The number of esters is 1. The molecule has 1 aliphatic rings. The van der Waals surface area contributed by atoms with Gasteiger partial charge < -0.3 is 29.4 Å². The number of nitro groups is 1. The van der Waals surface area contributed by atoms with Crippen LogP contribution in [0, 0.1) is 21.4 Å². The van der Waals surface area contributed by atoms with Crippen LogP contribution in [0.3, 0.4) is 0 Å². The standard InChI is InChI=1S/C32H24ClN3O8/c1-40-29-14-19(10-13-27(29)41-17-20-6-2-3-7-24(20)33)31-22-12-11-21(15-28(22)44-32(35)23(31)16-34)43-30(37)18-42-26-9-5-4-8-25(26)36(38)39/h2-15,31H,17-18,35H2,1H3. The van der Waals surface area contributed by atoms with Crippen molar-refractivity contribution >= 4 is 23.3 Å². The Morgan fingerprint density at radius 2 is 1.80 bits per heavy atom. The first-order valence-electron chi connectivity index (χ1n) is 13.1. The maximum absolute atomic E-state index is 12.5. The first-order chi connectivity index (χ1) is 21.3. The van der Waals surface area contributed by atoms with Crippen LogP contribution in [0.15, 0.2) is 96.4 Å². The molecule has 4 aromatic rings. The lowest BCUT2D eigenvalue weighted by Crippen LogP contribution is -2.22. The van der Waals surface area contributed by atoms with E-state index in [1.165, 1.54) is 37.4 Å². The van der Waals surface area contributed by atoms with Crippen molar-refractivity contribution in [3.8, 4) is 34.8 Å². The zero-order valence-electron chi connectivity index (χ0n) is 23.2. The van der Waals surface area contributed by atoms with Gasteiger partial charge in [-0.05, 0) is 35.9 Å². The lowest BCUT2D eigenvalue weighted by Gasteiger charge is -2.27. The zero-order chi connectivity index (χ0) is 31.2. The van der Waals surface area contributed by atoms with Gasteiger partial charge in [0.05, 0.1) is 18.0 Å². The maximum atomic E-state index is 12.5. The van der Waals surface area contributed by atoms with E-state index >= 15 is 0 Å². The Bertz CT molecular complexity index is 1820. The number of hydrogen-bond acceptors (Lipinski definition) is 10. The Morgan fingerprint density at radius 3 is 2.55 bits per heavy atom. The smallest absolute Gasteiger partial charge is 0.349 e. The third kappa shape index (κ3) is 6.35. The van der Waals surface area contributed by atoms with Gasteiger partial charge >= 0.3 is 11.7 Å². The van der Waals surface area contributed by atoms with Crippen molar-refractivity contribution in [2.24, 2.45) is 5.73 Å². The second kappa shape index (κ2) is 13.1. The van der Waals surface area contributed by atoms with Crippen LogP contribution < -0.4 is 29.4 Å². The number of nitriles is 1. The number of allylic oxidation sites excluding steroid dienone is 1. The van der Waals surface area contributed by atoms with E-state index in [-0.39, 0.29) is 41.0 Å². The summed E-state index contributed by atoms with van der Waals surface area (Å²) in [5.41, 5.74) is 8.14.